The number of nitriles is 1. The van der Waals surface area contributed by atoms with Crippen molar-refractivity contribution in [2.75, 3.05) is 0 Å². The summed E-state index contributed by atoms with van der Waals surface area (Å²) in [5, 5.41) is 26.2. The van der Waals surface area contributed by atoms with Crippen LogP contribution in [-0.2, 0) is 0 Å². The van der Waals surface area contributed by atoms with Crippen LogP contribution in [0.25, 0.3) is 155 Å². The van der Waals surface area contributed by atoms with Gasteiger partial charge in [0.15, 0.2) is 0 Å². The average molecular weight is 1040 g/mol. The standard InChI is InChI=1S/C71H42N6S2/c1-39-29-34-59-52(35-39)48-30-32-50-46-21-9-15-27-61(46)78-70(50)66(48)76(59)69-65(74-55-23-11-5-17-42(55)43-18-6-12-24-56(43)74)54(38-72)64(63(73-4)68(69)75-57-25-13-7-19-44(57)45-20-8-14-26-58(45)75)77-60-37-41(3)40(2)36-53(60)49-31-33-51-47-22-10-16-28-62(47)79-71(51)67(49)77/h5-37H,1-3H3. The number of aryl methyl sites for hydroxylation is 3. The van der Waals surface area contributed by atoms with Crippen LogP contribution in [0.3, 0.4) is 0 Å². The van der Waals surface area contributed by atoms with E-state index in [1.54, 1.807) is 22.7 Å². The van der Waals surface area contributed by atoms with Gasteiger partial charge in [0, 0.05) is 74.0 Å². The molecule has 0 amide bonds. The summed E-state index contributed by atoms with van der Waals surface area (Å²) in [7, 11) is 0. The molecule has 0 saturated heterocycles. The van der Waals surface area contributed by atoms with E-state index >= 15 is 0 Å². The number of thiophene rings is 2. The zero-order valence-electron chi connectivity index (χ0n) is 43.1. The fraction of sp³-hybridized carbons (Fsp3) is 0.0423. The van der Waals surface area contributed by atoms with Gasteiger partial charge in [0.1, 0.15) is 6.07 Å². The van der Waals surface area contributed by atoms with E-state index in [-0.39, 0.29) is 0 Å². The highest BCUT2D eigenvalue weighted by atomic mass is 32.1. The summed E-state index contributed by atoms with van der Waals surface area (Å²) in [5.74, 6) is 0. The Hall–Kier alpha value is -9.96. The second kappa shape index (κ2) is 16.0. The van der Waals surface area contributed by atoms with Gasteiger partial charge in [-0.05, 0) is 92.6 Å². The molecule has 11 aromatic carbocycles. The molecule has 79 heavy (non-hydrogen) atoms. The molecule has 6 heterocycles. The number of hydrogen-bond acceptors (Lipinski definition) is 3. The molecule has 0 aliphatic carbocycles. The normalized spacial score (nSPS) is 12.2. The van der Waals surface area contributed by atoms with Crippen molar-refractivity contribution in [3.8, 4) is 28.8 Å². The lowest BCUT2D eigenvalue weighted by Crippen LogP contribution is -2.14. The minimum absolute atomic E-state index is 0.378. The fourth-order valence-corrected chi connectivity index (χ4v) is 16.0. The van der Waals surface area contributed by atoms with E-state index in [0.717, 1.165) is 124 Å². The minimum Gasteiger partial charge on any atom is -0.317 e. The average Bonchev–Trinajstić information content (AvgIpc) is 4.49. The number of para-hydroxylation sites is 4. The number of hydrogen-bond donors (Lipinski definition) is 0. The van der Waals surface area contributed by atoms with Crippen LogP contribution in [0.2, 0.25) is 0 Å². The molecule has 17 aromatic rings. The van der Waals surface area contributed by atoms with E-state index in [2.05, 4.69) is 245 Å². The van der Waals surface area contributed by atoms with Crippen LogP contribution in [0.1, 0.15) is 22.3 Å². The molecule has 0 radical (unpaired) electrons. The molecule has 0 spiro atoms. The van der Waals surface area contributed by atoms with Gasteiger partial charge in [-0.2, -0.15) is 5.26 Å². The zero-order chi connectivity index (χ0) is 52.5. The molecule has 0 bridgehead atoms. The van der Waals surface area contributed by atoms with Crippen LogP contribution in [0.5, 0.6) is 0 Å². The maximum Gasteiger partial charge on any atom is 0.237 e. The molecule has 6 nitrogen and oxygen atoms in total. The van der Waals surface area contributed by atoms with Gasteiger partial charge >= 0.3 is 0 Å². The molecule has 0 aliphatic rings. The second-order valence-corrected chi connectivity index (χ2v) is 23.2. The van der Waals surface area contributed by atoms with Gasteiger partial charge < -0.3 is 18.3 Å². The third-order valence-corrected chi connectivity index (χ3v) is 19.4. The summed E-state index contributed by atoms with van der Waals surface area (Å²) < 4.78 is 14.1. The van der Waals surface area contributed by atoms with Gasteiger partial charge in [-0.1, -0.05) is 145 Å². The van der Waals surface area contributed by atoms with Gasteiger partial charge in [-0.15, -0.1) is 22.7 Å². The number of rotatable bonds is 4. The summed E-state index contributed by atoms with van der Waals surface area (Å²) in [4.78, 5) is 4.91. The van der Waals surface area contributed by atoms with Crippen LogP contribution >= 0.6 is 22.7 Å². The Labute approximate surface area is 460 Å². The molecule has 0 atom stereocenters. The third-order valence-electron chi connectivity index (χ3n) is 17.0. The van der Waals surface area contributed by atoms with Gasteiger partial charge in [0.2, 0.25) is 5.69 Å². The first kappa shape index (κ1) is 44.2. The van der Waals surface area contributed by atoms with Gasteiger partial charge in [0.05, 0.1) is 88.4 Å². The summed E-state index contributed by atoms with van der Waals surface area (Å²) in [6, 6.07) is 75.2. The van der Waals surface area contributed by atoms with Crippen LogP contribution in [0.4, 0.5) is 5.69 Å². The molecule has 0 saturated carbocycles. The lowest BCUT2D eigenvalue weighted by molar-refractivity contribution is 1.04. The Balaban J connectivity index is 1.22. The summed E-state index contributed by atoms with van der Waals surface area (Å²) in [5.41, 5.74) is 14.7. The Bertz CT molecular complexity index is 5440. The Morgan fingerprint density at radius 1 is 0.367 bits per heavy atom. The number of aromatic nitrogens is 4. The molecule has 368 valence electrons. The van der Waals surface area contributed by atoms with E-state index in [1.165, 1.54) is 25.7 Å². The van der Waals surface area contributed by atoms with E-state index in [4.69, 9.17) is 4.85 Å². The predicted molar refractivity (Wildman–Crippen MR) is 335 cm³/mol. The maximum absolute atomic E-state index is 12.9. The number of fused-ring (bicyclic) bond motifs is 20. The maximum atomic E-state index is 12.9. The van der Waals surface area contributed by atoms with Crippen molar-refractivity contribution >= 4 is 156 Å². The summed E-state index contributed by atoms with van der Waals surface area (Å²) in [6.45, 7) is 16.5. The number of nitrogens with zero attached hydrogens (tertiary/aromatic N) is 6. The molecule has 0 fully saturated rings. The topological polar surface area (TPSA) is 47.9 Å². The smallest absolute Gasteiger partial charge is 0.237 e. The number of benzene rings is 11. The van der Waals surface area contributed by atoms with E-state index in [9.17, 15) is 11.8 Å². The van der Waals surface area contributed by atoms with Crippen molar-refractivity contribution in [1.29, 1.82) is 5.26 Å². The highest BCUT2D eigenvalue weighted by Gasteiger charge is 2.35. The predicted octanol–water partition coefficient (Wildman–Crippen LogP) is 20.2. The van der Waals surface area contributed by atoms with Gasteiger partial charge in [-0.3, -0.25) is 0 Å². The van der Waals surface area contributed by atoms with Crippen LogP contribution in [0, 0.1) is 38.7 Å². The molecular weight excluding hydrogens is 1000 g/mol. The van der Waals surface area contributed by atoms with Crippen molar-refractivity contribution in [1.82, 2.24) is 18.3 Å². The van der Waals surface area contributed by atoms with Gasteiger partial charge in [-0.25, -0.2) is 4.85 Å². The fourth-order valence-electron chi connectivity index (χ4n) is 13.5. The Morgan fingerprint density at radius 3 is 1.29 bits per heavy atom. The molecular formula is C71H42N6S2. The van der Waals surface area contributed by atoms with Crippen molar-refractivity contribution < 1.29 is 0 Å². The molecule has 0 N–H and O–H groups in total. The molecule has 0 unspecified atom stereocenters. The lowest BCUT2D eigenvalue weighted by Gasteiger charge is -2.27. The summed E-state index contributed by atoms with van der Waals surface area (Å²) in [6.07, 6.45) is 0. The zero-order valence-corrected chi connectivity index (χ0v) is 44.7. The highest BCUT2D eigenvalue weighted by molar-refractivity contribution is 7.27. The lowest BCUT2D eigenvalue weighted by atomic mass is 10.0. The van der Waals surface area contributed by atoms with Crippen molar-refractivity contribution in [3.63, 3.8) is 0 Å². The van der Waals surface area contributed by atoms with E-state index in [1.807, 2.05) is 0 Å². The van der Waals surface area contributed by atoms with E-state index < -0.39 is 0 Å². The Kier molecular flexibility index (Phi) is 8.98. The van der Waals surface area contributed by atoms with Crippen LogP contribution < -0.4 is 0 Å². The molecule has 17 rings (SSSR count). The van der Waals surface area contributed by atoms with Crippen LogP contribution in [0.15, 0.2) is 200 Å². The Morgan fingerprint density at radius 2 is 0.785 bits per heavy atom. The quantitative estimate of drug-likeness (QED) is 0.162. The largest absolute Gasteiger partial charge is 0.317 e. The molecule has 0 aliphatic heterocycles. The minimum atomic E-state index is 0.378. The highest BCUT2D eigenvalue weighted by Crippen LogP contribution is 2.54. The van der Waals surface area contributed by atoms with Gasteiger partial charge in [0.25, 0.3) is 0 Å². The third kappa shape index (κ3) is 5.76. The first-order valence-corrected chi connectivity index (χ1v) is 28.2. The first-order chi connectivity index (χ1) is 38.9. The second-order valence-electron chi connectivity index (χ2n) is 21.1. The van der Waals surface area contributed by atoms with Crippen molar-refractivity contribution in [2.45, 2.75) is 20.8 Å². The SMILES string of the molecule is [C-]#[N+]c1c(-n2c3ccccc3c3ccccc32)c(-n2c3ccc(C)cc3c3ccc4c5ccccc5sc4c32)c(-n2c3ccccc3c3ccccc32)c(C#N)c1-n1c2cc(C)c(C)cc2c2ccc3c4ccccc4sc3c21. The molecule has 6 aromatic heterocycles. The first-order valence-electron chi connectivity index (χ1n) is 26.6. The van der Waals surface area contributed by atoms with Crippen molar-refractivity contribution in [3.05, 3.63) is 234 Å². The monoisotopic (exact) mass is 1040 g/mol. The van der Waals surface area contributed by atoms with Crippen molar-refractivity contribution in [2.24, 2.45) is 0 Å². The van der Waals surface area contributed by atoms with E-state index in [0.29, 0.717) is 28.3 Å². The summed E-state index contributed by atoms with van der Waals surface area (Å²) >= 11 is 3.58. The van der Waals surface area contributed by atoms with Crippen LogP contribution in [-0.4, -0.2) is 18.3 Å². The molecule has 8 heteroatoms.